The molecule has 53 heavy (non-hydrogen) atoms. The van der Waals surface area contributed by atoms with Gasteiger partial charge in [-0.15, -0.1) is 54.1 Å². The number of pyridine rings is 3. The van der Waals surface area contributed by atoms with Crippen LogP contribution in [0.1, 0.15) is 60.3 Å². The van der Waals surface area contributed by atoms with E-state index in [1.807, 2.05) is 48.5 Å². The molecule has 1 saturated carbocycles. The predicted octanol–water partition coefficient (Wildman–Crippen LogP) is 12.7. The summed E-state index contributed by atoms with van der Waals surface area (Å²) < 4.78 is 6.50. The number of furan rings is 1. The molecule has 1 aliphatic rings. The molecule has 0 unspecified atom stereocenters. The zero-order valence-corrected chi connectivity index (χ0v) is 32.7. The third-order valence-electron chi connectivity index (χ3n) is 10.4. The second-order valence-electron chi connectivity index (χ2n) is 13.8. The normalized spacial score (nSPS) is 13.0. The average Bonchev–Trinajstić information content (AvgIpc) is 3.58. The summed E-state index contributed by atoms with van der Waals surface area (Å²) in [7, 11) is 0. The fourth-order valence-electron chi connectivity index (χ4n) is 7.74. The van der Waals surface area contributed by atoms with E-state index in [9.17, 15) is 0 Å². The van der Waals surface area contributed by atoms with Crippen molar-refractivity contribution >= 4 is 22.1 Å². The minimum atomic E-state index is 0. The van der Waals surface area contributed by atoms with Gasteiger partial charge in [-0.05, 0) is 96.9 Å². The van der Waals surface area contributed by atoms with E-state index in [2.05, 4.69) is 111 Å². The first-order valence-electron chi connectivity index (χ1n) is 18.3. The van der Waals surface area contributed by atoms with Gasteiger partial charge in [0.2, 0.25) is 5.71 Å². The number of aromatic nitrogens is 3. The first-order chi connectivity index (χ1) is 25.5. The standard InChI is InChI=1S/C37H33N2O.C11H8N.Ir/c1-23-17-18-28(26-11-6-4-7-12-26)25(3)35(23)33-20-19-30-29-15-10-16-31(36(29)40-37(30)39-33)34-21-24(2)32(22-38-34)27-13-8-5-9-14-27;1-2-6-10(7-3-1)11-8-4-5-9-12-11;/h4,6-7,10-12,15,17-22,27H,5,8-9,13-14H2,1-3H3;1-6,8-9H;/q2*-1;. The summed E-state index contributed by atoms with van der Waals surface area (Å²) in [5, 5.41) is 2.06. The van der Waals surface area contributed by atoms with Crippen molar-refractivity contribution in [1.29, 1.82) is 0 Å². The molecule has 1 radical (unpaired) electrons. The van der Waals surface area contributed by atoms with Gasteiger partial charge in [-0.1, -0.05) is 96.4 Å². The average molecular weight is 868 g/mol. The maximum absolute atomic E-state index is 6.50. The van der Waals surface area contributed by atoms with Crippen LogP contribution in [0.15, 0.2) is 132 Å². The van der Waals surface area contributed by atoms with Crippen molar-refractivity contribution in [3.8, 4) is 44.9 Å². The van der Waals surface area contributed by atoms with Crippen LogP contribution in [0.4, 0.5) is 0 Å². The Labute approximate surface area is 325 Å². The van der Waals surface area contributed by atoms with Gasteiger partial charge in [0.05, 0.1) is 11.3 Å². The van der Waals surface area contributed by atoms with Gasteiger partial charge in [-0.25, -0.2) is 4.98 Å². The molecule has 8 aromatic rings. The molecule has 0 bridgehead atoms. The minimum absolute atomic E-state index is 0. The summed E-state index contributed by atoms with van der Waals surface area (Å²) in [4.78, 5) is 14.2. The van der Waals surface area contributed by atoms with Crippen LogP contribution in [0.5, 0.6) is 0 Å². The number of fused-ring (bicyclic) bond motifs is 3. The Morgan fingerprint density at radius 2 is 1.47 bits per heavy atom. The van der Waals surface area contributed by atoms with Crippen molar-refractivity contribution in [2.75, 3.05) is 0 Å². The van der Waals surface area contributed by atoms with Gasteiger partial charge in [0.1, 0.15) is 0 Å². The largest absolute Gasteiger partial charge is 0.486 e. The molecular formula is C48H41IrN3O-2. The summed E-state index contributed by atoms with van der Waals surface area (Å²) in [6.07, 6.45) is 10.4. The number of rotatable bonds is 5. The Kier molecular flexibility index (Phi) is 11.1. The van der Waals surface area contributed by atoms with Crippen LogP contribution in [0.3, 0.4) is 0 Å². The van der Waals surface area contributed by atoms with Gasteiger partial charge in [-0.2, -0.15) is 0 Å². The first kappa shape index (κ1) is 36.2. The SMILES string of the molecule is Cc1cc(-c2[c-]ccc3c2oc2nc(-c4c(C)ccc(-c5ccccc5)c4C)ccc23)ncc1C1CCCCC1.[Ir].[c-]1ccccc1-c1ccccn1. The maximum Gasteiger partial charge on any atom is 0.216 e. The molecule has 1 fully saturated rings. The molecule has 1 aliphatic carbocycles. The van der Waals surface area contributed by atoms with E-state index in [1.54, 1.807) is 6.20 Å². The number of hydrogen-bond acceptors (Lipinski definition) is 4. The summed E-state index contributed by atoms with van der Waals surface area (Å²) in [6, 6.07) is 45.7. The minimum Gasteiger partial charge on any atom is -0.486 e. The zero-order chi connectivity index (χ0) is 35.4. The maximum atomic E-state index is 6.50. The summed E-state index contributed by atoms with van der Waals surface area (Å²) in [5.74, 6) is 0.635. The molecule has 0 aliphatic heterocycles. The van der Waals surface area contributed by atoms with Crippen molar-refractivity contribution in [2.45, 2.75) is 58.8 Å². The summed E-state index contributed by atoms with van der Waals surface area (Å²) >= 11 is 0. The van der Waals surface area contributed by atoms with Crippen LogP contribution >= 0.6 is 0 Å². The van der Waals surface area contributed by atoms with Gasteiger partial charge in [0, 0.05) is 43.4 Å². The molecule has 4 nitrogen and oxygen atoms in total. The fraction of sp³-hybridized carbons (Fsp3) is 0.188. The van der Waals surface area contributed by atoms with Crippen LogP contribution in [0, 0.1) is 32.9 Å². The van der Waals surface area contributed by atoms with Crippen LogP contribution in [0.25, 0.3) is 67.0 Å². The van der Waals surface area contributed by atoms with Crippen LogP contribution in [-0.4, -0.2) is 15.0 Å². The van der Waals surface area contributed by atoms with E-state index in [0.29, 0.717) is 11.6 Å². The monoisotopic (exact) mass is 868 g/mol. The van der Waals surface area contributed by atoms with Gasteiger partial charge >= 0.3 is 0 Å². The molecule has 9 rings (SSSR count). The third kappa shape index (κ3) is 7.51. The second kappa shape index (κ2) is 16.2. The number of aryl methyl sites for hydroxylation is 2. The molecule has 4 heterocycles. The fourth-order valence-corrected chi connectivity index (χ4v) is 7.74. The summed E-state index contributed by atoms with van der Waals surface area (Å²) in [6.45, 7) is 6.56. The molecule has 4 aromatic carbocycles. The molecule has 0 amide bonds. The zero-order valence-electron chi connectivity index (χ0n) is 30.3. The van der Waals surface area contributed by atoms with E-state index < -0.39 is 0 Å². The smallest absolute Gasteiger partial charge is 0.216 e. The molecule has 265 valence electrons. The third-order valence-corrected chi connectivity index (χ3v) is 10.4. The van der Waals surface area contributed by atoms with E-state index in [0.717, 1.165) is 50.1 Å². The van der Waals surface area contributed by atoms with Crippen LogP contribution < -0.4 is 0 Å². The van der Waals surface area contributed by atoms with E-state index in [4.69, 9.17) is 14.4 Å². The Hall–Kier alpha value is -5.22. The molecule has 0 saturated heterocycles. The summed E-state index contributed by atoms with van der Waals surface area (Å²) in [5.41, 5.74) is 14.9. The molecule has 5 heteroatoms. The van der Waals surface area contributed by atoms with Crippen molar-refractivity contribution in [2.24, 2.45) is 0 Å². The van der Waals surface area contributed by atoms with Gasteiger partial charge < -0.3 is 14.4 Å². The molecule has 0 atom stereocenters. The number of nitrogens with zero attached hydrogens (tertiary/aromatic N) is 3. The number of benzene rings is 4. The Bertz CT molecular complexity index is 2430. The van der Waals surface area contributed by atoms with Crippen molar-refractivity contribution in [3.05, 3.63) is 162 Å². The van der Waals surface area contributed by atoms with Crippen molar-refractivity contribution in [3.63, 3.8) is 0 Å². The second-order valence-corrected chi connectivity index (χ2v) is 13.8. The van der Waals surface area contributed by atoms with Crippen LogP contribution in [-0.2, 0) is 20.1 Å². The molecule has 4 aromatic heterocycles. The van der Waals surface area contributed by atoms with Gasteiger partial charge in [0.25, 0.3) is 0 Å². The van der Waals surface area contributed by atoms with E-state index in [-0.39, 0.29) is 20.1 Å². The van der Waals surface area contributed by atoms with Crippen LogP contribution in [0.2, 0.25) is 0 Å². The Morgan fingerprint density at radius 3 is 2.23 bits per heavy atom. The predicted molar refractivity (Wildman–Crippen MR) is 213 cm³/mol. The van der Waals surface area contributed by atoms with Crippen molar-refractivity contribution < 1.29 is 24.5 Å². The Balaban J connectivity index is 0.000000284. The quantitative estimate of drug-likeness (QED) is 0.162. The van der Waals surface area contributed by atoms with E-state index >= 15 is 0 Å². The van der Waals surface area contributed by atoms with Gasteiger partial charge in [0.15, 0.2) is 0 Å². The number of hydrogen-bond donors (Lipinski definition) is 0. The molecular weight excluding hydrogens is 827 g/mol. The first-order valence-corrected chi connectivity index (χ1v) is 18.3. The van der Waals surface area contributed by atoms with Gasteiger partial charge in [-0.3, -0.25) is 0 Å². The topological polar surface area (TPSA) is 51.8 Å². The van der Waals surface area contributed by atoms with Crippen molar-refractivity contribution in [1.82, 2.24) is 15.0 Å². The Morgan fingerprint density at radius 1 is 0.660 bits per heavy atom. The van der Waals surface area contributed by atoms with E-state index in [1.165, 1.54) is 65.5 Å². The molecule has 0 spiro atoms. The molecule has 0 N–H and O–H groups in total.